The molecule has 2 aliphatic rings. The Labute approximate surface area is 269 Å². The van der Waals surface area contributed by atoms with E-state index in [1.54, 1.807) is 18.2 Å². The van der Waals surface area contributed by atoms with Crippen LogP contribution in [-0.2, 0) is 23.8 Å². The second-order valence-corrected chi connectivity index (χ2v) is 12.1. The van der Waals surface area contributed by atoms with Crippen LogP contribution in [0, 0.1) is 0 Å². The van der Waals surface area contributed by atoms with Crippen LogP contribution in [0.25, 0.3) is 6.08 Å². The minimum Gasteiger partial charge on any atom is -0.493 e. The Bertz CT molecular complexity index is 1420. The van der Waals surface area contributed by atoms with Gasteiger partial charge in [-0.3, -0.25) is 9.69 Å². The Morgan fingerprint density at radius 3 is 2.22 bits per heavy atom. The first-order valence-corrected chi connectivity index (χ1v) is 15.9. The number of aliphatic imine (C=N–C) groups is 1. The molecule has 14 heteroatoms. The van der Waals surface area contributed by atoms with E-state index >= 15 is 0 Å². The molecule has 0 aromatic heterocycles. The molecule has 0 unspecified atom stereocenters. The molecular weight excluding hydrogens is 634 g/mol. The van der Waals surface area contributed by atoms with Crippen molar-refractivity contribution < 1.29 is 40.6 Å². The van der Waals surface area contributed by atoms with Crippen molar-refractivity contribution in [3.05, 3.63) is 63.6 Å². The van der Waals surface area contributed by atoms with Gasteiger partial charge in [-0.2, -0.15) is 31.3 Å². The van der Waals surface area contributed by atoms with Crippen LogP contribution in [0.15, 0.2) is 46.3 Å². The van der Waals surface area contributed by atoms with Gasteiger partial charge in [-0.15, -0.1) is 0 Å². The zero-order valence-electron chi connectivity index (χ0n) is 26.0. The molecule has 0 bridgehead atoms. The number of rotatable bonds is 12. The summed E-state index contributed by atoms with van der Waals surface area (Å²) in [4.78, 5) is 24.5. The lowest BCUT2D eigenvalue weighted by molar-refractivity contribution is -0.143. The molecule has 2 heterocycles. The zero-order chi connectivity index (χ0) is 33.5. The van der Waals surface area contributed by atoms with Crippen LogP contribution in [0.1, 0.15) is 48.9 Å². The molecule has 1 saturated heterocycles. The summed E-state index contributed by atoms with van der Waals surface area (Å²) in [6.45, 7) is 11.3. The molecular formula is C32H38F6N4O3S. The summed E-state index contributed by atoms with van der Waals surface area (Å²) in [7, 11) is 1.35. The smallest absolute Gasteiger partial charge is 0.416 e. The Morgan fingerprint density at radius 2 is 1.61 bits per heavy atom. The molecule has 0 aliphatic carbocycles. The molecule has 2 aromatic carbocycles. The summed E-state index contributed by atoms with van der Waals surface area (Å²) in [5.74, 6) is -0.0946. The van der Waals surface area contributed by atoms with Crippen LogP contribution in [0.4, 0.5) is 26.3 Å². The number of carbonyl (C=O) groups excluding carboxylic acids is 1. The van der Waals surface area contributed by atoms with Gasteiger partial charge in [0.25, 0.3) is 5.91 Å². The predicted octanol–water partition coefficient (Wildman–Crippen LogP) is 7.02. The highest BCUT2D eigenvalue weighted by Crippen LogP contribution is 2.39. The number of hydrogen-bond donors (Lipinski definition) is 0. The first kappa shape index (κ1) is 35.6. The molecule has 1 fully saturated rings. The van der Waals surface area contributed by atoms with Crippen molar-refractivity contribution in [2.45, 2.75) is 45.6 Å². The largest absolute Gasteiger partial charge is 0.493 e. The van der Waals surface area contributed by atoms with E-state index in [-0.39, 0.29) is 23.5 Å². The molecule has 0 saturated carbocycles. The highest BCUT2D eigenvalue weighted by atomic mass is 32.2. The predicted molar refractivity (Wildman–Crippen MR) is 167 cm³/mol. The van der Waals surface area contributed by atoms with Crippen molar-refractivity contribution in [1.82, 2.24) is 14.7 Å². The van der Waals surface area contributed by atoms with E-state index in [1.807, 2.05) is 0 Å². The maximum absolute atomic E-state index is 13.5. The summed E-state index contributed by atoms with van der Waals surface area (Å²) in [5, 5.41) is 0.651. The van der Waals surface area contributed by atoms with E-state index in [1.165, 1.54) is 24.9 Å². The molecule has 4 rings (SSSR count). The molecule has 0 N–H and O–H groups in total. The molecule has 0 radical (unpaired) electrons. The maximum atomic E-state index is 13.5. The van der Waals surface area contributed by atoms with Gasteiger partial charge < -0.3 is 19.3 Å². The summed E-state index contributed by atoms with van der Waals surface area (Å²) in [5.41, 5.74) is -2.70. The fourth-order valence-electron chi connectivity index (χ4n) is 5.29. The molecule has 1 amide bonds. The van der Waals surface area contributed by atoms with E-state index in [4.69, 9.17) is 9.47 Å². The Kier molecular flexibility index (Phi) is 12.1. The Balaban J connectivity index is 1.36. The number of alkyl halides is 6. The fourth-order valence-corrected chi connectivity index (χ4v) is 6.25. The topological polar surface area (TPSA) is 57.6 Å². The monoisotopic (exact) mass is 672 g/mol. The van der Waals surface area contributed by atoms with Gasteiger partial charge >= 0.3 is 12.4 Å². The van der Waals surface area contributed by atoms with Crippen LogP contribution in [0.5, 0.6) is 11.5 Å². The first-order valence-electron chi connectivity index (χ1n) is 15.1. The lowest BCUT2D eigenvalue weighted by Crippen LogP contribution is -2.49. The van der Waals surface area contributed by atoms with Crippen molar-refractivity contribution in [3.63, 3.8) is 0 Å². The number of piperazine rings is 1. The SMILES string of the molecule is CCCN(CCC)CCN1CCN(C2=NC(=O)C(=Cc3ccc(OCc4ccc(C(F)(F)F)cc4C(F)(F)F)c(OC)c3)S2)CC1. The third-order valence-electron chi connectivity index (χ3n) is 7.68. The summed E-state index contributed by atoms with van der Waals surface area (Å²) in [6.07, 6.45) is -6.00. The van der Waals surface area contributed by atoms with Gasteiger partial charge in [0.1, 0.15) is 6.61 Å². The van der Waals surface area contributed by atoms with Crippen molar-refractivity contribution in [1.29, 1.82) is 0 Å². The van der Waals surface area contributed by atoms with Gasteiger partial charge in [-0.1, -0.05) is 26.0 Å². The van der Waals surface area contributed by atoms with Crippen molar-refractivity contribution >= 4 is 28.9 Å². The standard InChI is InChI=1S/C32H38F6N4O3S/c1-4-10-40(11-5-2)12-13-41-14-16-42(17-15-41)30-39-29(43)28(46-30)19-22-6-9-26(27(18-22)44-3)45-21-23-7-8-24(31(33,34)35)20-25(23)32(36,37)38/h6-9,18-20H,4-5,10-17,21H2,1-3H3. The normalized spacial score (nSPS) is 17.3. The number of benzene rings is 2. The number of ether oxygens (including phenoxy) is 2. The van der Waals surface area contributed by atoms with Gasteiger partial charge in [0, 0.05) is 44.8 Å². The zero-order valence-corrected chi connectivity index (χ0v) is 26.8. The third-order valence-corrected chi connectivity index (χ3v) is 8.72. The van der Waals surface area contributed by atoms with Crippen LogP contribution in [-0.4, -0.2) is 85.2 Å². The number of hydrogen-bond acceptors (Lipinski definition) is 7. The molecule has 46 heavy (non-hydrogen) atoms. The van der Waals surface area contributed by atoms with Gasteiger partial charge in [-0.05, 0) is 73.6 Å². The third kappa shape index (κ3) is 9.41. The molecule has 7 nitrogen and oxygen atoms in total. The van der Waals surface area contributed by atoms with Crippen LogP contribution in [0.3, 0.4) is 0 Å². The second-order valence-electron chi connectivity index (χ2n) is 11.0. The number of amidine groups is 1. The maximum Gasteiger partial charge on any atom is 0.416 e. The number of halogens is 6. The minimum atomic E-state index is -5.01. The number of nitrogens with zero attached hydrogens (tertiary/aromatic N) is 4. The van der Waals surface area contributed by atoms with E-state index in [2.05, 4.69) is 33.5 Å². The molecule has 0 spiro atoms. The van der Waals surface area contributed by atoms with E-state index in [0.717, 1.165) is 71.3 Å². The highest BCUT2D eigenvalue weighted by molar-refractivity contribution is 8.18. The molecule has 2 aromatic rings. The average molecular weight is 673 g/mol. The van der Waals surface area contributed by atoms with Crippen LogP contribution < -0.4 is 9.47 Å². The van der Waals surface area contributed by atoms with Crippen molar-refractivity contribution in [3.8, 4) is 11.5 Å². The number of methoxy groups -OCH3 is 1. The number of thioether (sulfide) groups is 1. The van der Waals surface area contributed by atoms with E-state index in [9.17, 15) is 31.1 Å². The van der Waals surface area contributed by atoms with Gasteiger partial charge in [-0.25, -0.2) is 0 Å². The highest BCUT2D eigenvalue weighted by Gasteiger charge is 2.38. The lowest BCUT2D eigenvalue weighted by Gasteiger charge is -2.36. The van der Waals surface area contributed by atoms with Crippen LogP contribution in [0.2, 0.25) is 0 Å². The quantitative estimate of drug-likeness (QED) is 0.178. The minimum absolute atomic E-state index is 0.0767. The summed E-state index contributed by atoms with van der Waals surface area (Å²) < 4.78 is 90.5. The lowest BCUT2D eigenvalue weighted by atomic mass is 10.0. The summed E-state index contributed by atoms with van der Waals surface area (Å²) in [6, 6.07) is 6.05. The molecule has 2 aliphatic heterocycles. The first-order chi connectivity index (χ1) is 21.8. The molecule has 252 valence electrons. The van der Waals surface area contributed by atoms with Crippen molar-refractivity contribution in [2.75, 3.05) is 59.5 Å². The molecule has 0 atom stereocenters. The van der Waals surface area contributed by atoms with Crippen molar-refractivity contribution in [2.24, 2.45) is 4.99 Å². The van der Waals surface area contributed by atoms with E-state index in [0.29, 0.717) is 21.7 Å². The van der Waals surface area contributed by atoms with E-state index < -0.39 is 35.6 Å². The van der Waals surface area contributed by atoms with Crippen LogP contribution >= 0.6 is 11.8 Å². The Hall–Kier alpha value is -3.23. The van der Waals surface area contributed by atoms with Gasteiger partial charge in [0.05, 0.1) is 23.1 Å². The average Bonchev–Trinajstić information content (AvgIpc) is 3.38. The second kappa shape index (κ2) is 15.6. The fraction of sp³-hybridized carbons (Fsp3) is 0.500. The van der Waals surface area contributed by atoms with Gasteiger partial charge in [0.15, 0.2) is 16.7 Å². The number of carbonyl (C=O) groups is 1. The Morgan fingerprint density at radius 1 is 0.913 bits per heavy atom. The summed E-state index contributed by atoms with van der Waals surface area (Å²) >= 11 is 1.29. The number of amides is 1. The van der Waals surface area contributed by atoms with Gasteiger partial charge in [0.2, 0.25) is 0 Å².